The van der Waals surface area contributed by atoms with Gasteiger partial charge in [-0.1, -0.05) is 54.6 Å². The molecular weight excluding hydrogens is 348 g/mol. The number of benzene rings is 2. The molecule has 3 unspecified atom stereocenters. The highest BCUT2D eigenvalue weighted by Gasteiger charge is 2.42. The third-order valence-electron chi connectivity index (χ3n) is 6.63. The molecule has 4 heteroatoms. The lowest BCUT2D eigenvalue weighted by Crippen LogP contribution is -2.58. The van der Waals surface area contributed by atoms with Gasteiger partial charge in [0.2, 0.25) is 0 Å². The number of methoxy groups -OCH3 is 1. The van der Waals surface area contributed by atoms with Gasteiger partial charge in [-0.15, -0.1) is 0 Å². The summed E-state index contributed by atoms with van der Waals surface area (Å²) in [6.07, 6.45) is 2.18. The predicted octanol–water partition coefficient (Wildman–Crippen LogP) is 3.21. The van der Waals surface area contributed by atoms with Crippen LogP contribution in [0.3, 0.4) is 0 Å². The van der Waals surface area contributed by atoms with E-state index in [9.17, 15) is 5.11 Å². The van der Waals surface area contributed by atoms with Crippen molar-refractivity contribution in [1.29, 1.82) is 0 Å². The molecule has 0 saturated carbocycles. The Hall–Kier alpha value is -1.72. The zero-order valence-electron chi connectivity index (χ0n) is 17.1. The zero-order valence-corrected chi connectivity index (χ0v) is 17.1. The monoisotopic (exact) mass is 380 g/mol. The highest BCUT2D eigenvalue weighted by molar-refractivity contribution is 5.36. The van der Waals surface area contributed by atoms with Crippen LogP contribution in [-0.2, 0) is 16.8 Å². The SMILES string of the molecule is COC(CN1CCN(C2CCc3ccccc3C2(C)O)CC1)c1ccccc1. The average Bonchev–Trinajstić information content (AvgIpc) is 2.73. The van der Waals surface area contributed by atoms with Gasteiger partial charge in [0.1, 0.15) is 5.60 Å². The van der Waals surface area contributed by atoms with Gasteiger partial charge in [0.15, 0.2) is 0 Å². The average molecular weight is 381 g/mol. The Morgan fingerprint density at radius 2 is 1.71 bits per heavy atom. The van der Waals surface area contributed by atoms with Crippen LogP contribution in [0.1, 0.15) is 36.1 Å². The van der Waals surface area contributed by atoms with Crippen molar-refractivity contribution < 1.29 is 9.84 Å². The maximum Gasteiger partial charge on any atom is 0.103 e. The van der Waals surface area contributed by atoms with Gasteiger partial charge in [0.05, 0.1) is 6.10 Å². The number of aliphatic hydroxyl groups is 1. The molecule has 0 aromatic heterocycles. The summed E-state index contributed by atoms with van der Waals surface area (Å²) in [5.74, 6) is 0. The molecule has 0 bridgehead atoms. The molecule has 28 heavy (non-hydrogen) atoms. The lowest BCUT2D eigenvalue weighted by molar-refractivity contribution is -0.0655. The lowest BCUT2D eigenvalue weighted by Gasteiger charge is -2.48. The Balaban J connectivity index is 1.38. The summed E-state index contributed by atoms with van der Waals surface area (Å²) in [6.45, 7) is 6.93. The van der Waals surface area contributed by atoms with Crippen molar-refractivity contribution in [1.82, 2.24) is 9.80 Å². The predicted molar refractivity (Wildman–Crippen MR) is 112 cm³/mol. The van der Waals surface area contributed by atoms with Crippen LogP contribution >= 0.6 is 0 Å². The van der Waals surface area contributed by atoms with Crippen molar-refractivity contribution >= 4 is 0 Å². The number of aryl methyl sites for hydroxylation is 1. The fraction of sp³-hybridized carbons (Fsp3) is 0.500. The molecule has 4 rings (SSSR count). The van der Waals surface area contributed by atoms with Gasteiger partial charge in [-0.05, 0) is 36.5 Å². The van der Waals surface area contributed by atoms with Crippen LogP contribution in [0.4, 0.5) is 0 Å². The Labute approximate surface area is 168 Å². The third-order valence-corrected chi connectivity index (χ3v) is 6.63. The first kappa shape index (κ1) is 19.6. The highest BCUT2D eigenvalue weighted by Crippen LogP contribution is 2.38. The van der Waals surface area contributed by atoms with Crippen LogP contribution in [0, 0.1) is 0 Å². The maximum absolute atomic E-state index is 11.4. The number of hydrogen-bond donors (Lipinski definition) is 1. The standard InChI is InChI=1S/C24H32N2O2/c1-24(27)21-11-7-6-8-19(21)12-13-23(24)26-16-14-25(15-17-26)18-22(28-2)20-9-4-3-5-10-20/h3-11,22-23,27H,12-18H2,1-2H3. The fourth-order valence-corrected chi connectivity index (χ4v) is 5.00. The Morgan fingerprint density at radius 1 is 1.04 bits per heavy atom. The Morgan fingerprint density at radius 3 is 2.43 bits per heavy atom. The number of nitrogens with zero attached hydrogens (tertiary/aromatic N) is 2. The lowest BCUT2D eigenvalue weighted by atomic mass is 9.76. The van der Waals surface area contributed by atoms with Crippen molar-refractivity contribution in [3.63, 3.8) is 0 Å². The molecule has 150 valence electrons. The van der Waals surface area contributed by atoms with Crippen LogP contribution in [-0.4, -0.2) is 60.8 Å². The van der Waals surface area contributed by atoms with Crippen molar-refractivity contribution in [2.24, 2.45) is 0 Å². The van der Waals surface area contributed by atoms with E-state index >= 15 is 0 Å². The number of rotatable bonds is 5. The number of piperazine rings is 1. The van der Waals surface area contributed by atoms with Crippen LogP contribution in [0.2, 0.25) is 0 Å². The van der Waals surface area contributed by atoms with Gasteiger partial charge >= 0.3 is 0 Å². The summed E-state index contributed by atoms with van der Waals surface area (Å²) in [5, 5.41) is 11.4. The second kappa shape index (κ2) is 8.34. The van der Waals surface area contributed by atoms with E-state index in [1.807, 2.05) is 19.1 Å². The van der Waals surface area contributed by atoms with E-state index in [-0.39, 0.29) is 12.1 Å². The second-order valence-electron chi connectivity index (χ2n) is 8.33. The molecule has 2 aromatic rings. The molecule has 2 aliphatic rings. The molecule has 1 aliphatic carbocycles. The van der Waals surface area contributed by atoms with E-state index in [1.165, 1.54) is 11.1 Å². The highest BCUT2D eigenvalue weighted by atomic mass is 16.5. The van der Waals surface area contributed by atoms with Crippen molar-refractivity contribution in [2.75, 3.05) is 39.8 Å². The summed E-state index contributed by atoms with van der Waals surface area (Å²) in [6, 6.07) is 19.0. The smallest absolute Gasteiger partial charge is 0.103 e. The zero-order chi connectivity index (χ0) is 19.6. The Bertz CT molecular complexity index is 769. The van der Waals surface area contributed by atoms with Crippen LogP contribution in [0.25, 0.3) is 0 Å². The van der Waals surface area contributed by atoms with Gasteiger partial charge < -0.3 is 9.84 Å². The van der Waals surface area contributed by atoms with Crippen LogP contribution in [0.5, 0.6) is 0 Å². The van der Waals surface area contributed by atoms with E-state index in [0.717, 1.165) is 51.1 Å². The molecule has 3 atom stereocenters. The molecule has 1 heterocycles. The van der Waals surface area contributed by atoms with Crippen molar-refractivity contribution in [2.45, 2.75) is 37.5 Å². The van der Waals surface area contributed by atoms with Crippen LogP contribution in [0.15, 0.2) is 54.6 Å². The number of ether oxygens (including phenoxy) is 1. The molecule has 2 aromatic carbocycles. The minimum absolute atomic E-state index is 0.109. The van der Waals surface area contributed by atoms with Crippen molar-refractivity contribution in [3.8, 4) is 0 Å². The summed E-state index contributed by atoms with van der Waals surface area (Å²) in [4.78, 5) is 4.99. The van der Waals surface area contributed by atoms with Gasteiger partial charge in [-0.2, -0.15) is 0 Å². The molecule has 0 amide bonds. The molecule has 0 spiro atoms. The minimum atomic E-state index is -0.782. The van der Waals surface area contributed by atoms with Crippen LogP contribution < -0.4 is 0 Å². The van der Waals surface area contributed by atoms with Gasteiger partial charge in [-0.25, -0.2) is 0 Å². The summed E-state index contributed by atoms with van der Waals surface area (Å²) >= 11 is 0. The van der Waals surface area contributed by atoms with E-state index in [1.54, 1.807) is 7.11 Å². The van der Waals surface area contributed by atoms with Crippen molar-refractivity contribution in [3.05, 3.63) is 71.3 Å². The van der Waals surface area contributed by atoms with E-state index in [4.69, 9.17) is 4.74 Å². The Kier molecular flexibility index (Phi) is 5.83. The van der Waals surface area contributed by atoms with E-state index in [0.29, 0.717) is 0 Å². The first-order valence-corrected chi connectivity index (χ1v) is 10.4. The number of hydrogen-bond acceptors (Lipinski definition) is 4. The first-order chi connectivity index (χ1) is 13.6. The molecular formula is C24H32N2O2. The van der Waals surface area contributed by atoms with E-state index < -0.39 is 5.60 Å². The quantitative estimate of drug-likeness (QED) is 0.864. The third kappa shape index (κ3) is 3.87. The number of fused-ring (bicyclic) bond motifs is 1. The summed E-state index contributed by atoms with van der Waals surface area (Å²) < 4.78 is 5.76. The fourth-order valence-electron chi connectivity index (χ4n) is 5.00. The normalized spacial score (nSPS) is 27.3. The molecule has 1 N–H and O–H groups in total. The summed E-state index contributed by atoms with van der Waals surface area (Å²) in [5.41, 5.74) is 2.86. The maximum atomic E-state index is 11.4. The summed E-state index contributed by atoms with van der Waals surface area (Å²) in [7, 11) is 1.80. The second-order valence-corrected chi connectivity index (χ2v) is 8.33. The largest absolute Gasteiger partial charge is 0.384 e. The topological polar surface area (TPSA) is 35.9 Å². The van der Waals surface area contributed by atoms with Gasteiger partial charge in [0, 0.05) is 45.9 Å². The minimum Gasteiger partial charge on any atom is -0.384 e. The molecule has 1 saturated heterocycles. The molecule has 4 nitrogen and oxygen atoms in total. The van der Waals surface area contributed by atoms with E-state index in [2.05, 4.69) is 52.3 Å². The van der Waals surface area contributed by atoms with Gasteiger partial charge in [-0.3, -0.25) is 9.80 Å². The molecule has 1 fully saturated rings. The first-order valence-electron chi connectivity index (χ1n) is 10.4. The van der Waals surface area contributed by atoms with Gasteiger partial charge in [0.25, 0.3) is 0 Å². The molecule has 1 aliphatic heterocycles. The molecule has 0 radical (unpaired) electrons.